The molecule has 1 aliphatic heterocycles. The number of hydrogen-bond donors (Lipinski definition) is 0. The second-order valence-corrected chi connectivity index (χ2v) is 6.68. The van der Waals surface area contributed by atoms with Crippen molar-refractivity contribution in [3.05, 3.63) is 27.6 Å². The zero-order valence-corrected chi connectivity index (χ0v) is 16.8. The summed E-state index contributed by atoms with van der Waals surface area (Å²) in [4.78, 5) is 37.0. The number of carbonyl (C=O) groups is 3. The number of halogens is 1. The number of carbonyl (C=O) groups excluding carboxylic acids is 3. The predicted octanol–water partition coefficient (Wildman–Crippen LogP) is 3.74. The van der Waals surface area contributed by atoms with Gasteiger partial charge in [0, 0.05) is 6.54 Å². The molecule has 0 atom stereocenters. The van der Waals surface area contributed by atoms with E-state index in [1.165, 1.54) is 4.90 Å². The van der Waals surface area contributed by atoms with Gasteiger partial charge in [0.2, 0.25) is 0 Å². The van der Waals surface area contributed by atoms with Gasteiger partial charge >= 0.3 is 5.97 Å². The SMILES string of the molecule is CCOC(=O)COc1c(Cl)cc(C=C2SC(=O)N(CC)C2=O)cc1OCC. The summed E-state index contributed by atoms with van der Waals surface area (Å²) < 4.78 is 15.8. The van der Waals surface area contributed by atoms with E-state index in [0.717, 1.165) is 11.8 Å². The van der Waals surface area contributed by atoms with Gasteiger partial charge in [-0.05, 0) is 56.3 Å². The monoisotopic (exact) mass is 413 g/mol. The van der Waals surface area contributed by atoms with Crippen molar-refractivity contribution in [1.82, 2.24) is 4.90 Å². The lowest BCUT2D eigenvalue weighted by Crippen LogP contribution is -2.27. The lowest BCUT2D eigenvalue weighted by molar-refractivity contribution is -0.145. The first-order chi connectivity index (χ1) is 12.9. The van der Waals surface area contributed by atoms with Crippen molar-refractivity contribution in [3.63, 3.8) is 0 Å². The summed E-state index contributed by atoms with van der Waals surface area (Å²) in [5.41, 5.74) is 0.577. The Kier molecular flexibility index (Phi) is 7.55. The minimum atomic E-state index is -0.520. The molecule has 0 aromatic heterocycles. The Morgan fingerprint density at radius 1 is 1.19 bits per heavy atom. The maximum absolute atomic E-state index is 12.2. The molecule has 0 aliphatic carbocycles. The fraction of sp³-hybridized carbons (Fsp3) is 0.389. The molecule has 1 aliphatic rings. The molecule has 0 N–H and O–H groups in total. The highest BCUT2D eigenvalue weighted by atomic mass is 35.5. The van der Waals surface area contributed by atoms with Crippen LogP contribution in [0.3, 0.4) is 0 Å². The summed E-state index contributed by atoms with van der Waals surface area (Å²) in [6, 6.07) is 3.21. The smallest absolute Gasteiger partial charge is 0.344 e. The molecule has 0 radical (unpaired) electrons. The topological polar surface area (TPSA) is 82.1 Å². The molecule has 146 valence electrons. The highest BCUT2D eigenvalue weighted by Crippen LogP contribution is 2.39. The van der Waals surface area contributed by atoms with Crippen molar-refractivity contribution in [3.8, 4) is 11.5 Å². The van der Waals surface area contributed by atoms with Gasteiger partial charge in [-0.15, -0.1) is 0 Å². The molecule has 1 aromatic carbocycles. The summed E-state index contributed by atoms with van der Waals surface area (Å²) in [5, 5.41) is -0.0921. The zero-order chi connectivity index (χ0) is 20.0. The standard InChI is InChI=1S/C18H20ClNO6S/c1-4-20-17(22)14(27-18(20)23)9-11-7-12(19)16(13(8-11)24-5-2)26-10-15(21)25-6-3/h7-9H,4-6,10H2,1-3H3. The molecule has 0 spiro atoms. The van der Waals surface area contributed by atoms with Crippen molar-refractivity contribution >= 4 is 46.6 Å². The summed E-state index contributed by atoms with van der Waals surface area (Å²) in [6.07, 6.45) is 1.57. The Morgan fingerprint density at radius 3 is 2.52 bits per heavy atom. The van der Waals surface area contributed by atoms with Crippen LogP contribution in [0.5, 0.6) is 11.5 Å². The van der Waals surface area contributed by atoms with Gasteiger partial charge in [0.15, 0.2) is 18.1 Å². The van der Waals surface area contributed by atoms with E-state index in [-0.39, 0.29) is 35.1 Å². The van der Waals surface area contributed by atoms with Gasteiger partial charge in [0.05, 0.1) is 23.1 Å². The fourth-order valence-electron chi connectivity index (χ4n) is 2.33. The average molecular weight is 414 g/mol. The van der Waals surface area contributed by atoms with E-state index in [9.17, 15) is 14.4 Å². The minimum absolute atomic E-state index is 0.213. The van der Waals surface area contributed by atoms with Crippen LogP contribution in [0.25, 0.3) is 6.08 Å². The first kappa shape index (κ1) is 21.1. The molecule has 0 saturated carbocycles. The Balaban J connectivity index is 2.29. The summed E-state index contributed by atoms with van der Waals surface area (Å²) in [7, 11) is 0. The zero-order valence-electron chi connectivity index (χ0n) is 15.2. The van der Waals surface area contributed by atoms with Crippen molar-refractivity contribution in [2.45, 2.75) is 20.8 Å². The summed E-state index contributed by atoms with van der Waals surface area (Å²) >= 11 is 7.15. The number of benzene rings is 1. The second kappa shape index (κ2) is 9.66. The molecular weight excluding hydrogens is 394 g/mol. The Morgan fingerprint density at radius 2 is 1.93 bits per heavy atom. The molecule has 2 amide bonds. The number of nitrogens with zero attached hydrogens (tertiary/aromatic N) is 1. The molecule has 27 heavy (non-hydrogen) atoms. The molecule has 0 unspecified atom stereocenters. The molecule has 2 rings (SSSR count). The number of likely N-dealkylation sites (N-methyl/N-ethyl adjacent to an activating group) is 1. The van der Waals surface area contributed by atoms with Gasteiger partial charge in [0.1, 0.15) is 0 Å². The van der Waals surface area contributed by atoms with E-state index in [4.69, 9.17) is 25.8 Å². The van der Waals surface area contributed by atoms with E-state index in [0.29, 0.717) is 29.4 Å². The second-order valence-electron chi connectivity index (χ2n) is 5.28. The highest BCUT2D eigenvalue weighted by Gasteiger charge is 2.33. The Hall–Kier alpha value is -2.19. The summed E-state index contributed by atoms with van der Waals surface area (Å²) in [5.74, 6) is -0.321. The van der Waals surface area contributed by atoms with Crippen LogP contribution in [0.4, 0.5) is 4.79 Å². The third-order valence-electron chi connectivity index (χ3n) is 3.46. The van der Waals surface area contributed by atoms with E-state index in [1.54, 1.807) is 39.0 Å². The van der Waals surface area contributed by atoms with Crippen molar-refractivity contribution < 1.29 is 28.6 Å². The first-order valence-corrected chi connectivity index (χ1v) is 9.60. The van der Waals surface area contributed by atoms with Gasteiger partial charge in [-0.25, -0.2) is 4.79 Å². The van der Waals surface area contributed by atoms with Crippen LogP contribution in [0.15, 0.2) is 17.0 Å². The quantitative estimate of drug-likeness (QED) is 0.474. The van der Waals surface area contributed by atoms with E-state index < -0.39 is 5.97 Å². The normalized spacial score (nSPS) is 15.4. The van der Waals surface area contributed by atoms with Crippen LogP contribution in [-0.2, 0) is 14.3 Å². The van der Waals surface area contributed by atoms with Crippen molar-refractivity contribution in [2.75, 3.05) is 26.4 Å². The van der Waals surface area contributed by atoms with Crippen LogP contribution < -0.4 is 9.47 Å². The third-order valence-corrected chi connectivity index (χ3v) is 4.65. The van der Waals surface area contributed by atoms with Crippen LogP contribution in [0.2, 0.25) is 5.02 Å². The van der Waals surface area contributed by atoms with Crippen molar-refractivity contribution in [1.29, 1.82) is 0 Å². The maximum atomic E-state index is 12.2. The molecule has 7 nitrogen and oxygen atoms in total. The number of ether oxygens (including phenoxy) is 3. The number of amides is 2. The lowest BCUT2D eigenvalue weighted by atomic mass is 10.1. The van der Waals surface area contributed by atoms with Crippen LogP contribution in [-0.4, -0.2) is 48.4 Å². The molecule has 1 heterocycles. The van der Waals surface area contributed by atoms with Crippen LogP contribution in [0.1, 0.15) is 26.3 Å². The molecular formula is C18H20ClNO6S. The van der Waals surface area contributed by atoms with Crippen LogP contribution >= 0.6 is 23.4 Å². The number of rotatable bonds is 8. The lowest BCUT2D eigenvalue weighted by Gasteiger charge is -2.14. The first-order valence-electron chi connectivity index (χ1n) is 8.41. The maximum Gasteiger partial charge on any atom is 0.344 e. The largest absolute Gasteiger partial charge is 0.490 e. The van der Waals surface area contributed by atoms with E-state index >= 15 is 0 Å². The van der Waals surface area contributed by atoms with Crippen molar-refractivity contribution in [2.24, 2.45) is 0 Å². The Labute approximate surface area is 166 Å². The number of esters is 1. The minimum Gasteiger partial charge on any atom is -0.490 e. The number of thioether (sulfide) groups is 1. The van der Waals surface area contributed by atoms with Gasteiger partial charge in [-0.1, -0.05) is 11.6 Å². The number of hydrogen-bond acceptors (Lipinski definition) is 7. The molecule has 1 saturated heterocycles. The molecule has 1 fully saturated rings. The fourth-order valence-corrected chi connectivity index (χ4v) is 3.51. The predicted molar refractivity (Wildman–Crippen MR) is 103 cm³/mol. The van der Waals surface area contributed by atoms with E-state index in [2.05, 4.69) is 0 Å². The van der Waals surface area contributed by atoms with Gasteiger partial charge < -0.3 is 14.2 Å². The molecule has 0 bridgehead atoms. The van der Waals surface area contributed by atoms with Gasteiger partial charge in [0.25, 0.3) is 11.1 Å². The third kappa shape index (κ3) is 5.17. The van der Waals surface area contributed by atoms with Crippen LogP contribution in [0, 0.1) is 0 Å². The summed E-state index contributed by atoms with van der Waals surface area (Å²) in [6.45, 7) is 5.84. The Bertz CT molecular complexity index is 779. The average Bonchev–Trinajstić information content (AvgIpc) is 2.87. The van der Waals surface area contributed by atoms with E-state index in [1.807, 2.05) is 0 Å². The number of imide groups is 1. The highest BCUT2D eigenvalue weighted by molar-refractivity contribution is 8.18. The van der Waals surface area contributed by atoms with Gasteiger partial charge in [-0.3, -0.25) is 14.5 Å². The molecule has 1 aromatic rings. The molecule has 9 heteroatoms. The van der Waals surface area contributed by atoms with Gasteiger partial charge in [-0.2, -0.15) is 0 Å².